The highest BCUT2D eigenvalue weighted by Gasteiger charge is 2.12. The van der Waals surface area contributed by atoms with Crippen LogP contribution in [-0.4, -0.2) is 25.6 Å². The summed E-state index contributed by atoms with van der Waals surface area (Å²) in [6, 6.07) is 10.7. The number of H-pyrrole nitrogens is 1. The number of benzene rings is 1. The minimum absolute atomic E-state index is 0.0353. The molecule has 0 aliphatic rings. The van der Waals surface area contributed by atoms with Crippen molar-refractivity contribution < 1.29 is 9.90 Å². The van der Waals surface area contributed by atoms with E-state index in [-0.39, 0.29) is 11.5 Å². The number of carboxylic acid groups (broad SMARTS) is 1. The molecule has 21 heavy (non-hydrogen) atoms. The zero-order valence-electron chi connectivity index (χ0n) is 10.6. The van der Waals surface area contributed by atoms with Gasteiger partial charge in [0.05, 0.1) is 10.9 Å². The number of aromatic amines is 1. The van der Waals surface area contributed by atoms with Crippen molar-refractivity contribution in [3.63, 3.8) is 0 Å². The SMILES string of the molecule is O=C(O)c1cccc(-n2c(=O)[nH]c3ccccc3c2=O)n1. The van der Waals surface area contributed by atoms with Gasteiger partial charge in [-0.1, -0.05) is 18.2 Å². The maximum Gasteiger partial charge on any atom is 0.354 e. The molecule has 0 bridgehead atoms. The van der Waals surface area contributed by atoms with Gasteiger partial charge in [-0.2, -0.15) is 0 Å². The fourth-order valence-corrected chi connectivity index (χ4v) is 2.04. The van der Waals surface area contributed by atoms with E-state index in [1.165, 1.54) is 18.2 Å². The number of aromatic carboxylic acids is 1. The van der Waals surface area contributed by atoms with Crippen LogP contribution >= 0.6 is 0 Å². The summed E-state index contributed by atoms with van der Waals surface area (Å²) in [4.78, 5) is 41.8. The number of carboxylic acids is 1. The van der Waals surface area contributed by atoms with Gasteiger partial charge >= 0.3 is 11.7 Å². The van der Waals surface area contributed by atoms with Gasteiger partial charge in [-0.3, -0.25) is 4.79 Å². The summed E-state index contributed by atoms with van der Waals surface area (Å²) < 4.78 is 0.814. The molecule has 0 fully saturated rings. The third-order valence-corrected chi connectivity index (χ3v) is 2.99. The first kappa shape index (κ1) is 12.8. The molecule has 1 aromatic carbocycles. The molecular weight excluding hydrogens is 274 g/mol. The molecule has 7 heteroatoms. The summed E-state index contributed by atoms with van der Waals surface area (Å²) in [5.74, 6) is -1.27. The van der Waals surface area contributed by atoms with Gasteiger partial charge in [0, 0.05) is 0 Å². The summed E-state index contributed by atoms with van der Waals surface area (Å²) in [7, 11) is 0. The first-order chi connectivity index (χ1) is 10.1. The molecule has 3 aromatic rings. The number of carbonyl (C=O) groups is 1. The Morgan fingerprint density at radius 1 is 1.10 bits per heavy atom. The van der Waals surface area contributed by atoms with Crippen molar-refractivity contribution in [1.29, 1.82) is 0 Å². The van der Waals surface area contributed by atoms with Crippen LogP contribution in [0.15, 0.2) is 52.1 Å². The van der Waals surface area contributed by atoms with E-state index in [1.807, 2.05) is 0 Å². The maximum atomic E-state index is 12.4. The number of pyridine rings is 1. The van der Waals surface area contributed by atoms with E-state index >= 15 is 0 Å². The topological polar surface area (TPSA) is 105 Å². The van der Waals surface area contributed by atoms with Gasteiger partial charge in [-0.05, 0) is 24.3 Å². The number of aromatic nitrogens is 3. The first-order valence-electron chi connectivity index (χ1n) is 6.03. The molecule has 0 spiro atoms. The lowest BCUT2D eigenvalue weighted by molar-refractivity contribution is 0.0690. The van der Waals surface area contributed by atoms with Crippen molar-refractivity contribution in [3.05, 3.63) is 69.0 Å². The summed E-state index contributed by atoms with van der Waals surface area (Å²) in [5, 5.41) is 9.25. The standard InChI is InChI=1S/C14H9N3O4/c18-12-8-4-1-2-5-9(8)16-14(21)17(12)11-7-3-6-10(15-11)13(19)20/h1-7H,(H,16,21)(H,19,20). The summed E-state index contributed by atoms with van der Waals surface area (Å²) >= 11 is 0. The van der Waals surface area contributed by atoms with Crippen molar-refractivity contribution >= 4 is 16.9 Å². The third-order valence-electron chi connectivity index (χ3n) is 2.99. The minimum atomic E-state index is -1.23. The molecular formula is C14H9N3O4. The third kappa shape index (κ3) is 2.10. The number of nitrogens with zero attached hydrogens (tertiary/aromatic N) is 2. The molecule has 0 saturated carbocycles. The highest BCUT2D eigenvalue weighted by atomic mass is 16.4. The number of rotatable bonds is 2. The molecule has 0 unspecified atom stereocenters. The number of nitrogens with one attached hydrogen (secondary N) is 1. The normalized spacial score (nSPS) is 10.7. The van der Waals surface area contributed by atoms with Crippen molar-refractivity contribution in [1.82, 2.24) is 14.5 Å². The van der Waals surface area contributed by atoms with Gasteiger partial charge in [0.25, 0.3) is 5.56 Å². The molecule has 104 valence electrons. The van der Waals surface area contributed by atoms with Crippen LogP contribution in [0.25, 0.3) is 16.7 Å². The number of hydrogen-bond donors (Lipinski definition) is 2. The van der Waals surface area contributed by atoms with Gasteiger partial charge in [-0.25, -0.2) is 19.1 Å². The van der Waals surface area contributed by atoms with E-state index in [0.717, 1.165) is 4.57 Å². The van der Waals surface area contributed by atoms with Crippen LogP contribution in [0.3, 0.4) is 0 Å². The summed E-state index contributed by atoms with van der Waals surface area (Å²) in [6.45, 7) is 0. The van der Waals surface area contributed by atoms with Crippen LogP contribution in [-0.2, 0) is 0 Å². The predicted molar refractivity (Wildman–Crippen MR) is 74.9 cm³/mol. The maximum absolute atomic E-state index is 12.4. The molecule has 2 N–H and O–H groups in total. The van der Waals surface area contributed by atoms with Crippen LogP contribution in [0.4, 0.5) is 0 Å². The fourth-order valence-electron chi connectivity index (χ4n) is 2.04. The van der Waals surface area contributed by atoms with Crippen LogP contribution < -0.4 is 11.2 Å². The molecule has 3 rings (SSSR count). The molecule has 0 saturated heterocycles. The fraction of sp³-hybridized carbons (Fsp3) is 0. The van der Waals surface area contributed by atoms with Gasteiger partial charge in [0.2, 0.25) is 0 Å². The monoisotopic (exact) mass is 283 g/mol. The molecule has 0 aliphatic carbocycles. The molecule has 0 radical (unpaired) electrons. The average Bonchev–Trinajstić information content (AvgIpc) is 2.47. The Hall–Kier alpha value is -3.22. The molecule has 0 amide bonds. The van der Waals surface area contributed by atoms with Crippen molar-refractivity contribution in [2.24, 2.45) is 0 Å². The quantitative estimate of drug-likeness (QED) is 0.722. The number of fused-ring (bicyclic) bond motifs is 1. The smallest absolute Gasteiger partial charge is 0.354 e. The largest absolute Gasteiger partial charge is 0.477 e. The lowest BCUT2D eigenvalue weighted by Gasteiger charge is -2.06. The van der Waals surface area contributed by atoms with E-state index in [9.17, 15) is 14.4 Å². The highest BCUT2D eigenvalue weighted by Crippen LogP contribution is 2.06. The van der Waals surface area contributed by atoms with E-state index < -0.39 is 17.2 Å². The first-order valence-corrected chi connectivity index (χ1v) is 6.03. The molecule has 7 nitrogen and oxygen atoms in total. The van der Waals surface area contributed by atoms with Crippen molar-refractivity contribution in [2.75, 3.05) is 0 Å². The Balaban J connectivity index is 2.35. The molecule has 0 atom stereocenters. The van der Waals surface area contributed by atoms with E-state index in [4.69, 9.17) is 5.11 Å². The Labute approximate surface area is 117 Å². The van der Waals surface area contributed by atoms with E-state index in [2.05, 4.69) is 9.97 Å². The summed E-state index contributed by atoms with van der Waals surface area (Å²) in [5.41, 5.74) is -1.05. The van der Waals surface area contributed by atoms with Crippen molar-refractivity contribution in [3.8, 4) is 5.82 Å². The predicted octanol–water partition coefficient (Wildman–Crippen LogP) is 0.772. The van der Waals surface area contributed by atoms with E-state index in [0.29, 0.717) is 10.9 Å². The zero-order chi connectivity index (χ0) is 15.0. The molecule has 2 aromatic heterocycles. The average molecular weight is 283 g/mol. The Bertz CT molecular complexity index is 972. The Morgan fingerprint density at radius 3 is 2.62 bits per heavy atom. The second-order valence-electron chi connectivity index (χ2n) is 4.30. The Morgan fingerprint density at radius 2 is 1.86 bits per heavy atom. The molecule has 2 heterocycles. The van der Waals surface area contributed by atoms with Crippen LogP contribution in [0.1, 0.15) is 10.5 Å². The second kappa shape index (κ2) is 4.71. The summed E-state index contributed by atoms with van der Waals surface area (Å²) in [6.07, 6.45) is 0. The lowest BCUT2D eigenvalue weighted by Crippen LogP contribution is -2.34. The minimum Gasteiger partial charge on any atom is -0.477 e. The number of hydrogen-bond acceptors (Lipinski definition) is 4. The van der Waals surface area contributed by atoms with Crippen LogP contribution in [0.2, 0.25) is 0 Å². The lowest BCUT2D eigenvalue weighted by atomic mass is 10.2. The van der Waals surface area contributed by atoms with E-state index in [1.54, 1.807) is 24.3 Å². The van der Waals surface area contributed by atoms with Crippen LogP contribution in [0, 0.1) is 0 Å². The van der Waals surface area contributed by atoms with Gasteiger partial charge < -0.3 is 10.1 Å². The van der Waals surface area contributed by atoms with Gasteiger partial charge in [0.1, 0.15) is 5.82 Å². The zero-order valence-corrected chi connectivity index (χ0v) is 10.6. The second-order valence-corrected chi connectivity index (χ2v) is 4.30. The Kier molecular flexibility index (Phi) is 2.87. The van der Waals surface area contributed by atoms with Gasteiger partial charge in [0.15, 0.2) is 5.69 Å². The van der Waals surface area contributed by atoms with Crippen LogP contribution in [0.5, 0.6) is 0 Å². The number of para-hydroxylation sites is 1. The molecule has 0 aliphatic heterocycles. The van der Waals surface area contributed by atoms with Gasteiger partial charge in [-0.15, -0.1) is 0 Å². The van der Waals surface area contributed by atoms with Crippen molar-refractivity contribution in [2.45, 2.75) is 0 Å². The highest BCUT2D eigenvalue weighted by molar-refractivity contribution is 5.85.